The largest absolute Gasteiger partial charge is 0.373 e. The number of halogens is 1. The van der Waals surface area contributed by atoms with Crippen LogP contribution in [0.5, 0.6) is 0 Å². The molecule has 1 saturated heterocycles. The van der Waals surface area contributed by atoms with Gasteiger partial charge in [0.1, 0.15) is 5.82 Å². The Balaban J connectivity index is 1.51. The molecule has 1 aliphatic heterocycles. The Morgan fingerprint density at radius 2 is 2.08 bits per heavy atom. The van der Waals surface area contributed by atoms with Gasteiger partial charge >= 0.3 is 0 Å². The van der Waals surface area contributed by atoms with Crippen LogP contribution in [0.4, 0.5) is 5.82 Å². The van der Waals surface area contributed by atoms with E-state index in [1.807, 2.05) is 31.3 Å². The van der Waals surface area contributed by atoms with Crippen LogP contribution >= 0.6 is 11.6 Å². The summed E-state index contributed by atoms with van der Waals surface area (Å²) in [6, 6.07) is 12.0. The highest BCUT2D eigenvalue weighted by Gasteiger charge is 2.30. The molecule has 1 N–H and O–H groups in total. The van der Waals surface area contributed by atoms with Crippen LogP contribution in [0, 0.1) is 0 Å². The van der Waals surface area contributed by atoms with Crippen LogP contribution in [-0.4, -0.2) is 33.6 Å². The quantitative estimate of drug-likeness (QED) is 0.728. The Bertz CT molecular complexity index is 862. The SMILES string of the molecule is CNc1ccc(-c2noc([C@@H]3CCCN3Cc3ccc(Cl)cc3)n2)cn1. The summed E-state index contributed by atoms with van der Waals surface area (Å²) in [5.41, 5.74) is 2.08. The number of benzene rings is 1. The van der Waals surface area contributed by atoms with Gasteiger partial charge in [-0.3, -0.25) is 4.90 Å². The summed E-state index contributed by atoms with van der Waals surface area (Å²) in [6.07, 6.45) is 3.89. The molecule has 0 radical (unpaired) electrons. The molecule has 0 amide bonds. The zero-order chi connectivity index (χ0) is 17.9. The highest BCUT2D eigenvalue weighted by Crippen LogP contribution is 2.33. The molecule has 134 valence electrons. The number of nitrogens with one attached hydrogen (secondary N) is 1. The van der Waals surface area contributed by atoms with Crippen LogP contribution in [0.2, 0.25) is 5.02 Å². The number of likely N-dealkylation sites (tertiary alicyclic amines) is 1. The molecule has 3 heterocycles. The Morgan fingerprint density at radius 3 is 2.81 bits per heavy atom. The van der Waals surface area contributed by atoms with Crippen LogP contribution in [0.15, 0.2) is 47.1 Å². The third-order valence-corrected chi connectivity index (χ3v) is 4.92. The molecule has 6 nitrogen and oxygen atoms in total. The molecule has 0 spiro atoms. The maximum Gasteiger partial charge on any atom is 0.244 e. The first-order chi connectivity index (χ1) is 12.7. The molecule has 1 fully saturated rings. The van der Waals surface area contributed by atoms with E-state index in [9.17, 15) is 0 Å². The van der Waals surface area contributed by atoms with E-state index < -0.39 is 0 Å². The normalized spacial score (nSPS) is 17.5. The van der Waals surface area contributed by atoms with E-state index >= 15 is 0 Å². The van der Waals surface area contributed by atoms with Crippen LogP contribution in [0.1, 0.15) is 30.3 Å². The molecule has 1 aliphatic rings. The number of aromatic nitrogens is 3. The highest BCUT2D eigenvalue weighted by molar-refractivity contribution is 6.30. The average molecular weight is 370 g/mol. The van der Waals surface area contributed by atoms with Crippen LogP contribution in [0.25, 0.3) is 11.4 Å². The molecular formula is C19H20ClN5O. The van der Waals surface area contributed by atoms with Crippen molar-refractivity contribution in [2.45, 2.75) is 25.4 Å². The fraction of sp³-hybridized carbons (Fsp3) is 0.316. The minimum atomic E-state index is 0.150. The second-order valence-electron chi connectivity index (χ2n) is 6.39. The van der Waals surface area contributed by atoms with E-state index in [1.54, 1.807) is 6.20 Å². The third kappa shape index (κ3) is 3.57. The molecule has 0 saturated carbocycles. The van der Waals surface area contributed by atoms with E-state index in [4.69, 9.17) is 16.1 Å². The molecule has 4 rings (SSSR count). The maximum absolute atomic E-state index is 5.98. The van der Waals surface area contributed by atoms with Gasteiger partial charge in [0, 0.05) is 30.4 Å². The molecule has 7 heteroatoms. The summed E-state index contributed by atoms with van der Waals surface area (Å²) in [7, 11) is 1.84. The van der Waals surface area contributed by atoms with E-state index in [1.165, 1.54) is 5.56 Å². The van der Waals surface area contributed by atoms with Gasteiger partial charge in [-0.15, -0.1) is 0 Å². The van der Waals surface area contributed by atoms with Crippen molar-refractivity contribution < 1.29 is 4.52 Å². The van der Waals surface area contributed by atoms with Gasteiger partial charge in [-0.2, -0.15) is 4.98 Å². The van der Waals surface area contributed by atoms with Gasteiger partial charge < -0.3 is 9.84 Å². The lowest BCUT2D eigenvalue weighted by Gasteiger charge is -2.21. The minimum absolute atomic E-state index is 0.150. The summed E-state index contributed by atoms with van der Waals surface area (Å²) in [6.45, 7) is 1.86. The zero-order valence-corrected chi connectivity index (χ0v) is 15.3. The van der Waals surface area contributed by atoms with Gasteiger partial charge in [0.2, 0.25) is 11.7 Å². The van der Waals surface area contributed by atoms with Crippen molar-refractivity contribution in [3.63, 3.8) is 0 Å². The monoisotopic (exact) mass is 369 g/mol. The predicted octanol–water partition coefficient (Wildman–Crippen LogP) is 4.16. The first-order valence-corrected chi connectivity index (χ1v) is 9.07. The zero-order valence-electron chi connectivity index (χ0n) is 14.5. The van der Waals surface area contributed by atoms with E-state index in [-0.39, 0.29) is 6.04 Å². The van der Waals surface area contributed by atoms with Gasteiger partial charge in [-0.1, -0.05) is 28.9 Å². The van der Waals surface area contributed by atoms with E-state index in [0.717, 1.165) is 42.3 Å². The smallest absolute Gasteiger partial charge is 0.244 e. The fourth-order valence-electron chi connectivity index (χ4n) is 3.28. The molecule has 3 aromatic rings. The van der Waals surface area contributed by atoms with Crippen molar-refractivity contribution in [1.82, 2.24) is 20.0 Å². The second-order valence-corrected chi connectivity index (χ2v) is 6.83. The Hall–Kier alpha value is -2.44. The molecular weight excluding hydrogens is 350 g/mol. The molecule has 2 aromatic heterocycles. The summed E-state index contributed by atoms with van der Waals surface area (Å²) in [5, 5.41) is 7.90. The van der Waals surface area contributed by atoms with Gasteiger partial charge in [0.05, 0.1) is 6.04 Å². The average Bonchev–Trinajstić information content (AvgIpc) is 3.33. The summed E-state index contributed by atoms with van der Waals surface area (Å²) in [5.74, 6) is 2.06. The van der Waals surface area contributed by atoms with Crippen molar-refractivity contribution in [1.29, 1.82) is 0 Å². The lowest BCUT2D eigenvalue weighted by atomic mass is 10.2. The lowest BCUT2D eigenvalue weighted by Crippen LogP contribution is -2.23. The Kier molecular flexibility index (Phi) is 4.86. The number of rotatable bonds is 5. The minimum Gasteiger partial charge on any atom is -0.373 e. The summed E-state index contributed by atoms with van der Waals surface area (Å²) >= 11 is 5.98. The summed E-state index contributed by atoms with van der Waals surface area (Å²) < 4.78 is 5.58. The first kappa shape index (κ1) is 17.0. The van der Waals surface area contributed by atoms with Crippen molar-refractivity contribution in [2.75, 3.05) is 18.9 Å². The molecule has 0 bridgehead atoms. The molecule has 0 aliphatic carbocycles. The van der Waals surface area contributed by atoms with Crippen LogP contribution in [0.3, 0.4) is 0 Å². The van der Waals surface area contributed by atoms with Crippen molar-refractivity contribution in [3.8, 4) is 11.4 Å². The van der Waals surface area contributed by atoms with E-state index in [0.29, 0.717) is 11.7 Å². The van der Waals surface area contributed by atoms with Gasteiger partial charge in [-0.05, 0) is 49.2 Å². The molecule has 26 heavy (non-hydrogen) atoms. The summed E-state index contributed by atoms with van der Waals surface area (Å²) in [4.78, 5) is 11.3. The maximum atomic E-state index is 5.98. The Labute approximate surface area is 157 Å². The lowest BCUT2D eigenvalue weighted by molar-refractivity contribution is 0.201. The molecule has 1 aromatic carbocycles. The van der Waals surface area contributed by atoms with Crippen molar-refractivity contribution in [3.05, 3.63) is 59.1 Å². The predicted molar refractivity (Wildman–Crippen MR) is 101 cm³/mol. The number of nitrogens with zero attached hydrogens (tertiary/aromatic N) is 4. The van der Waals surface area contributed by atoms with Gasteiger partial charge in [0.25, 0.3) is 0 Å². The molecule has 0 unspecified atom stereocenters. The van der Waals surface area contributed by atoms with E-state index in [2.05, 4.69) is 37.5 Å². The second kappa shape index (κ2) is 7.43. The fourth-order valence-corrected chi connectivity index (χ4v) is 3.41. The standard InChI is InChI=1S/C19H20ClN5O/c1-21-17-9-6-14(11-22-17)18-23-19(26-24-18)16-3-2-10-25(16)12-13-4-7-15(20)8-5-13/h4-9,11,16H,2-3,10,12H2,1H3,(H,21,22)/t16-/m0/s1. The topological polar surface area (TPSA) is 67.1 Å². The number of hydrogen-bond donors (Lipinski definition) is 1. The molecule has 1 atom stereocenters. The highest BCUT2D eigenvalue weighted by atomic mass is 35.5. The number of anilines is 1. The van der Waals surface area contributed by atoms with Crippen molar-refractivity contribution in [2.24, 2.45) is 0 Å². The third-order valence-electron chi connectivity index (χ3n) is 4.67. The number of pyridine rings is 1. The van der Waals surface area contributed by atoms with Gasteiger partial charge in [0.15, 0.2) is 0 Å². The van der Waals surface area contributed by atoms with Crippen molar-refractivity contribution >= 4 is 17.4 Å². The Morgan fingerprint density at radius 1 is 1.23 bits per heavy atom. The number of hydrogen-bond acceptors (Lipinski definition) is 6. The van der Waals surface area contributed by atoms with Crippen LogP contribution < -0.4 is 5.32 Å². The first-order valence-electron chi connectivity index (χ1n) is 8.69. The van der Waals surface area contributed by atoms with Crippen LogP contribution in [-0.2, 0) is 6.54 Å². The van der Waals surface area contributed by atoms with Gasteiger partial charge in [-0.25, -0.2) is 4.98 Å².